The molecule has 2 aliphatic rings. The van der Waals surface area contributed by atoms with Crippen LogP contribution in [0.2, 0.25) is 0 Å². The second kappa shape index (κ2) is 6.71. The third kappa shape index (κ3) is 3.29. The summed E-state index contributed by atoms with van der Waals surface area (Å²) in [5.41, 5.74) is -0.0956. The summed E-state index contributed by atoms with van der Waals surface area (Å²) in [7, 11) is 0. The van der Waals surface area contributed by atoms with Crippen LogP contribution in [0.1, 0.15) is 39.5 Å². The van der Waals surface area contributed by atoms with Crippen molar-refractivity contribution >= 4 is 5.91 Å². The SMILES string of the molecule is CCCN1CCN(C(=O)C2(CCC)CCNC2)CC1. The Morgan fingerprint density at radius 1 is 1.16 bits per heavy atom. The molecule has 110 valence electrons. The summed E-state index contributed by atoms with van der Waals surface area (Å²) in [5, 5.41) is 3.39. The molecule has 2 fully saturated rings. The molecule has 0 aliphatic carbocycles. The van der Waals surface area contributed by atoms with Crippen molar-refractivity contribution in [3.8, 4) is 0 Å². The number of carbonyl (C=O) groups excluding carboxylic acids is 1. The third-order valence-electron chi connectivity index (χ3n) is 4.63. The van der Waals surface area contributed by atoms with Gasteiger partial charge in [0, 0.05) is 32.7 Å². The van der Waals surface area contributed by atoms with Gasteiger partial charge < -0.3 is 10.2 Å². The lowest BCUT2D eigenvalue weighted by Gasteiger charge is -2.39. The van der Waals surface area contributed by atoms with Crippen molar-refractivity contribution in [1.82, 2.24) is 15.1 Å². The van der Waals surface area contributed by atoms with E-state index in [2.05, 4.69) is 29.0 Å². The van der Waals surface area contributed by atoms with E-state index < -0.39 is 0 Å². The van der Waals surface area contributed by atoms with Crippen molar-refractivity contribution in [1.29, 1.82) is 0 Å². The van der Waals surface area contributed by atoms with Gasteiger partial charge in [-0.05, 0) is 32.4 Å². The van der Waals surface area contributed by atoms with E-state index in [9.17, 15) is 4.79 Å². The molecular weight excluding hydrogens is 238 g/mol. The minimum atomic E-state index is -0.0956. The van der Waals surface area contributed by atoms with Crippen molar-refractivity contribution < 1.29 is 4.79 Å². The molecule has 1 atom stereocenters. The predicted octanol–water partition coefficient (Wildman–Crippen LogP) is 1.32. The van der Waals surface area contributed by atoms with Crippen molar-refractivity contribution in [2.45, 2.75) is 39.5 Å². The van der Waals surface area contributed by atoms with Crippen LogP contribution in [0.5, 0.6) is 0 Å². The molecule has 1 amide bonds. The molecule has 0 aromatic rings. The van der Waals surface area contributed by atoms with Gasteiger partial charge in [-0.1, -0.05) is 20.3 Å². The molecule has 2 saturated heterocycles. The van der Waals surface area contributed by atoms with Crippen LogP contribution in [0, 0.1) is 5.41 Å². The molecule has 0 radical (unpaired) electrons. The second-order valence-corrected chi connectivity index (χ2v) is 6.09. The minimum Gasteiger partial charge on any atom is -0.340 e. The van der Waals surface area contributed by atoms with Gasteiger partial charge in [0.2, 0.25) is 5.91 Å². The first kappa shape index (κ1) is 14.8. The molecule has 4 nitrogen and oxygen atoms in total. The zero-order chi connectivity index (χ0) is 13.7. The fourth-order valence-electron chi connectivity index (χ4n) is 3.55. The molecule has 1 unspecified atom stereocenters. The molecule has 19 heavy (non-hydrogen) atoms. The van der Waals surface area contributed by atoms with Gasteiger partial charge in [0.15, 0.2) is 0 Å². The Morgan fingerprint density at radius 3 is 2.42 bits per heavy atom. The van der Waals surface area contributed by atoms with E-state index in [0.29, 0.717) is 5.91 Å². The average Bonchev–Trinajstić information content (AvgIpc) is 2.89. The molecule has 0 bridgehead atoms. The Hall–Kier alpha value is -0.610. The zero-order valence-electron chi connectivity index (χ0n) is 12.6. The molecule has 2 aliphatic heterocycles. The molecule has 1 N–H and O–H groups in total. The monoisotopic (exact) mass is 267 g/mol. The highest BCUT2D eigenvalue weighted by molar-refractivity contribution is 5.83. The van der Waals surface area contributed by atoms with E-state index in [1.165, 1.54) is 13.0 Å². The summed E-state index contributed by atoms with van der Waals surface area (Å²) in [6.45, 7) is 11.4. The van der Waals surface area contributed by atoms with E-state index in [-0.39, 0.29) is 5.41 Å². The fourth-order valence-corrected chi connectivity index (χ4v) is 3.55. The van der Waals surface area contributed by atoms with Crippen molar-refractivity contribution in [3.63, 3.8) is 0 Å². The number of piperazine rings is 1. The first-order chi connectivity index (χ1) is 9.22. The number of nitrogens with one attached hydrogen (secondary N) is 1. The number of amides is 1. The topological polar surface area (TPSA) is 35.6 Å². The molecule has 2 heterocycles. The molecule has 0 aromatic carbocycles. The lowest BCUT2D eigenvalue weighted by atomic mass is 9.81. The largest absolute Gasteiger partial charge is 0.340 e. The average molecular weight is 267 g/mol. The van der Waals surface area contributed by atoms with E-state index >= 15 is 0 Å². The van der Waals surface area contributed by atoms with Gasteiger partial charge in [-0.25, -0.2) is 0 Å². The maximum atomic E-state index is 12.8. The standard InChI is InChI=1S/C15H29N3O/c1-3-5-15(6-7-16-13-15)14(19)18-11-9-17(8-4-2)10-12-18/h16H,3-13H2,1-2H3. The molecular formula is C15H29N3O. The Morgan fingerprint density at radius 2 is 1.89 bits per heavy atom. The van der Waals surface area contributed by atoms with Gasteiger partial charge in [0.05, 0.1) is 5.41 Å². The highest BCUT2D eigenvalue weighted by atomic mass is 16.2. The summed E-state index contributed by atoms with van der Waals surface area (Å²) in [4.78, 5) is 17.4. The number of rotatable bonds is 5. The van der Waals surface area contributed by atoms with Crippen LogP contribution < -0.4 is 5.32 Å². The highest BCUT2D eigenvalue weighted by Gasteiger charge is 2.43. The van der Waals surface area contributed by atoms with Gasteiger partial charge in [0.25, 0.3) is 0 Å². The van der Waals surface area contributed by atoms with Gasteiger partial charge in [0.1, 0.15) is 0 Å². The van der Waals surface area contributed by atoms with E-state index in [1.807, 2.05) is 0 Å². The van der Waals surface area contributed by atoms with Crippen LogP contribution in [0.3, 0.4) is 0 Å². The highest BCUT2D eigenvalue weighted by Crippen LogP contribution is 2.33. The van der Waals surface area contributed by atoms with Crippen molar-refractivity contribution in [2.24, 2.45) is 5.41 Å². The predicted molar refractivity (Wildman–Crippen MR) is 78.1 cm³/mol. The number of carbonyl (C=O) groups is 1. The van der Waals surface area contributed by atoms with Crippen molar-refractivity contribution in [2.75, 3.05) is 45.8 Å². The molecule has 4 heteroatoms. The summed E-state index contributed by atoms with van der Waals surface area (Å²) in [5.74, 6) is 0.412. The summed E-state index contributed by atoms with van der Waals surface area (Å²) in [6, 6.07) is 0. The quantitative estimate of drug-likeness (QED) is 0.816. The maximum Gasteiger partial charge on any atom is 0.230 e. The Bertz CT molecular complexity index is 292. The van der Waals surface area contributed by atoms with Crippen LogP contribution >= 0.6 is 0 Å². The van der Waals surface area contributed by atoms with E-state index in [4.69, 9.17) is 0 Å². The molecule has 0 saturated carbocycles. The van der Waals surface area contributed by atoms with Crippen LogP contribution in [0.15, 0.2) is 0 Å². The second-order valence-electron chi connectivity index (χ2n) is 6.09. The fraction of sp³-hybridized carbons (Fsp3) is 0.933. The van der Waals surface area contributed by atoms with Gasteiger partial charge >= 0.3 is 0 Å². The molecule has 0 aromatic heterocycles. The van der Waals surface area contributed by atoms with Crippen LogP contribution in [0.25, 0.3) is 0 Å². The molecule has 0 spiro atoms. The summed E-state index contributed by atoms with van der Waals surface area (Å²) < 4.78 is 0. The summed E-state index contributed by atoms with van der Waals surface area (Å²) >= 11 is 0. The summed E-state index contributed by atoms with van der Waals surface area (Å²) in [6.07, 6.45) is 4.36. The Balaban J connectivity index is 1.92. The van der Waals surface area contributed by atoms with Crippen LogP contribution in [0.4, 0.5) is 0 Å². The maximum absolute atomic E-state index is 12.8. The van der Waals surface area contributed by atoms with Gasteiger partial charge in [-0.2, -0.15) is 0 Å². The lowest BCUT2D eigenvalue weighted by molar-refractivity contribution is -0.143. The zero-order valence-corrected chi connectivity index (χ0v) is 12.6. The van der Waals surface area contributed by atoms with Crippen LogP contribution in [-0.2, 0) is 4.79 Å². The number of hydrogen-bond donors (Lipinski definition) is 1. The first-order valence-corrected chi connectivity index (χ1v) is 7.94. The Kier molecular flexibility index (Phi) is 5.22. The normalized spacial score (nSPS) is 28.8. The van der Waals surface area contributed by atoms with E-state index in [1.54, 1.807) is 0 Å². The first-order valence-electron chi connectivity index (χ1n) is 7.94. The van der Waals surface area contributed by atoms with Crippen molar-refractivity contribution in [3.05, 3.63) is 0 Å². The Labute approximate surface area is 117 Å². The lowest BCUT2D eigenvalue weighted by Crippen LogP contribution is -2.53. The van der Waals surface area contributed by atoms with Gasteiger partial charge in [-0.3, -0.25) is 9.69 Å². The van der Waals surface area contributed by atoms with E-state index in [0.717, 1.165) is 58.5 Å². The smallest absolute Gasteiger partial charge is 0.230 e. The van der Waals surface area contributed by atoms with Gasteiger partial charge in [-0.15, -0.1) is 0 Å². The molecule has 2 rings (SSSR count). The minimum absolute atomic E-state index is 0.0956. The van der Waals surface area contributed by atoms with Crippen LogP contribution in [-0.4, -0.2) is 61.5 Å². The third-order valence-corrected chi connectivity index (χ3v) is 4.63. The number of nitrogens with zero attached hydrogens (tertiary/aromatic N) is 2. The number of hydrogen-bond acceptors (Lipinski definition) is 3.